The monoisotopic (exact) mass is 582 g/mol. The lowest BCUT2D eigenvalue weighted by Crippen LogP contribution is -2.65. The Morgan fingerprint density at radius 1 is 0.881 bits per heavy atom. The zero-order valence-electron chi connectivity index (χ0n) is 28.3. The maximum Gasteiger partial charge on any atom is 0.320 e. The lowest BCUT2D eigenvalue weighted by Gasteiger charge is -2.71. The summed E-state index contributed by atoms with van der Waals surface area (Å²) < 4.78 is 5.78. The van der Waals surface area contributed by atoms with E-state index in [9.17, 15) is 14.7 Å². The molecule has 0 heterocycles. The summed E-state index contributed by atoms with van der Waals surface area (Å²) in [6, 6.07) is 0. The second-order valence-corrected chi connectivity index (χ2v) is 17.1. The van der Waals surface area contributed by atoms with Crippen LogP contribution in [-0.4, -0.2) is 23.1 Å². The molecule has 4 nitrogen and oxygen atoms in total. The van der Waals surface area contributed by atoms with Crippen LogP contribution >= 0.6 is 0 Å². The number of aliphatic hydroxyl groups excluding tert-OH is 1. The molecule has 5 aliphatic rings. The van der Waals surface area contributed by atoms with E-state index in [1.165, 1.54) is 31.3 Å². The zero-order valence-corrected chi connectivity index (χ0v) is 28.3. The van der Waals surface area contributed by atoms with Gasteiger partial charge in [0.1, 0.15) is 0 Å². The van der Waals surface area contributed by atoms with Crippen molar-refractivity contribution in [2.75, 3.05) is 0 Å². The summed E-state index contributed by atoms with van der Waals surface area (Å²) in [5.74, 6) is 1.66. The van der Waals surface area contributed by atoms with E-state index >= 15 is 0 Å². The normalized spacial score (nSPS) is 45.9. The van der Waals surface area contributed by atoms with Gasteiger partial charge in [0, 0.05) is 6.42 Å². The summed E-state index contributed by atoms with van der Waals surface area (Å²) in [4.78, 5) is 27.0. The first-order valence-corrected chi connectivity index (χ1v) is 17.8. The SMILES string of the molecule is CCCCCCCC(=O)OC(=O)[C@]12CC[C@@H](C)[C@H](C)[C@H]1C1=CC[C@@H]3[C@@]4(C)CC[C@H](O)C(C)(C)C4CC[C@@]3(C)[C@]1(C)CC2. The summed E-state index contributed by atoms with van der Waals surface area (Å²) in [7, 11) is 0. The van der Waals surface area contributed by atoms with Crippen molar-refractivity contribution < 1.29 is 19.4 Å². The summed E-state index contributed by atoms with van der Waals surface area (Å²) in [6.45, 7) is 19.2. The molecule has 42 heavy (non-hydrogen) atoms. The molecule has 0 amide bonds. The van der Waals surface area contributed by atoms with Crippen molar-refractivity contribution in [3.05, 3.63) is 11.6 Å². The molecule has 4 heteroatoms. The van der Waals surface area contributed by atoms with Crippen LogP contribution in [0.4, 0.5) is 0 Å². The van der Waals surface area contributed by atoms with Crippen LogP contribution in [-0.2, 0) is 14.3 Å². The molecule has 0 spiro atoms. The van der Waals surface area contributed by atoms with Crippen molar-refractivity contribution in [3.8, 4) is 0 Å². The maximum absolute atomic E-state index is 14.1. The quantitative estimate of drug-likeness (QED) is 0.141. The highest BCUT2D eigenvalue weighted by atomic mass is 16.6. The Morgan fingerprint density at radius 3 is 2.31 bits per heavy atom. The average Bonchev–Trinajstić information content (AvgIpc) is 2.93. The second kappa shape index (κ2) is 11.3. The van der Waals surface area contributed by atoms with E-state index in [1.807, 2.05) is 0 Å². The van der Waals surface area contributed by atoms with E-state index in [2.05, 4.69) is 61.5 Å². The first kappa shape index (κ1) is 32.2. The number of hydrogen-bond acceptors (Lipinski definition) is 4. The van der Waals surface area contributed by atoms with Crippen LogP contribution in [0, 0.1) is 56.7 Å². The Morgan fingerprint density at radius 2 is 1.60 bits per heavy atom. The first-order chi connectivity index (χ1) is 19.7. The predicted molar refractivity (Wildman–Crippen MR) is 169 cm³/mol. The van der Waals surface area contributed by atoms with Gasteiger partial charge in [-0.3, -0.25) is 9.59 Å². The van der Waals surface area contributed by atoms with Crippen LogP contribution in [0.3, 0.4) is 0 Å². The smallest absolute Gasteiger partial charge is 0.320 e. The third kappa shape index (κ3) is 4.69. The highest BCUT2D eigenvalue weighted by Crippen LogP contribution is 2.75. The van der Waals surface area contributed by atoms with E-state index in [4.69, 9.17) is 4.74 Å². The Hall–Kier alpha value is -1.16. The minimum atomic E-state index is -0.573. The van der Waals surface area contributed by atoms with Gasteiger partial charge in [0.05, 0.1) is 11.5 Å². The van der Waals surface area contributed by atoms with Gasteiger partial charge in [-0.05, 0) is 115 Å². The van der Waals surface area contributed by atoms with Gasteiger partial charge in [-0.1, -0.05) is 92.7 Å². The van der Waals surface area contributed by atoms with Gasteiger partial charge < -0.3 is 9.84 Å². The van der Waals surface area contributed by atoms with Gasteiger partial charge in [0.25, 0.3) is 0 Å². The summed E-state index contributed by atoms with van der Waals surface area (Å²) >= 11 is 0. The van der Waals surface area contributed by atoms with Crippen LogP contribution in [0.15, 0.2) is 11.6 Å². The van der Waals surface area contributed by atoms with Gasteiger partial charge in [-0.2, -0.15) is 0 Å². The topological polar surface area (TPSA) is 63.6 Å². The molecule has 1 N–H and O–H groups in total. The number of esters is 2. The van der Waals surface area contributed by atoms with Crippen LogP contribution in [0.2, 0.25) is 0 Å². The average molecular weight is 583 g/mol. The van der Waals surface area contributed by atoms with E-state index in [-0.39, 0.29) is 45.6 Å². The minimum absolute atomic E-state index is 0.0349. The predicted octanol–water partition coefficient (Wildman–Crippen LogP) is 9.44. The van der Waals surface area contributed by atoms with Crippen molar-refractivity contribution >= 4 is 11.9 Å². The van der Waals surface area contributed by atoms with Crippen molar-refractivity contribution in [2.45, 2.75) is 158 Å². The number of fused-ring (bicyclic) bond motifs is 7. The van der Waals surface area contributed by atoms with E-state index in [1.54, 1.807) is 0 Å². The number of ether oxygens (including phenoxy) is 1. The number of hydrogen-bond donors (Lipinski definition) is 1. The molecular formula is C38H62O4. The largest absolute Gasteiger partial charge is 0.393 e. The summed E-state index contributed by atoms with van der Waals surface area (Å²) in [5, 5.41) is 11.0. The highest BCUT2D eigenvalue weighted by molar-refractivity contribution is 5.89. The number of carbonyl (C=O) groups is 2. The Bertz CT molecular complexity index is 1070. The van der Waals surface area contributed by atoms with E-state index < -0.39 is 5.41 Å². The van der Waals surface area contributed by atoms with Crippen molar-refractivity contribution in [2.24, 2.45) is 56.7 Å². The van der Waals surface area contributed by atoms with Crippen LogP contribution in [0.1, 0.15) is 152 Å². The Labute approximate surface area is 257 Å². The molecule has 0 aliphatic heterocycles. The minimum Gasteiger partial charge on any atom is -0.393 e. The molecule has 0 saturated heterocycles. The first-order valence-electron chi connectivity index (χ1n) is 17.8. The lowest BCUT2D eigenvalue weighted by molar-refractivity contribution is -0.207. The molecule has 238 valence electrons. The van der Waals surface area contributed by atoms with Crippen molar-refractivity contribution in [1.82, 2.24) is 0 Å². The molecule has 4 saturated carbocycles. The van der Waals surface area contributed by atoms with Gasteiger partial charge >= 0.3 is 11.9 Å². The van der Waals surface area contributed by atoms with E-state index in [0.29, 0.717) is 30.1 Å². The number of aliphatic hydroxyl groups is 1. The molecule has 0 aromatic heterocycles. The molecule has 0 aromatic carbocycles. The summed E-state index contributed by atoms with van der Waals surface area (Å²) in [6.07, 6.45) is 17.2. The molecule has 10 atom stereocenters. The molecule has 5 rings (SSSR count). The van der Waals surface area contributed by atoms with Gasteiger partial charge in [-0.15, -0.1) is 0 Å². The number of rotatable bonds is 7. The van der Waals surface area contributed by atoms with E-state index in [0.717, 1.165) is 64.2 Å². The molecule has 0 bridgehead atoms. The van der Waals surface area contributed by atoms with Crippen molar-refractivity contribution in [3.63, 3.8) is 0 Å². The zero-order chi connectivity index (χ0) is 30.7. The molecule has 0 aromatic rings. The van der Waals surface area contributed by atoms with Gasteiger partial charge in [-0.25, -0.2) is 0 Å². The maximum atomic E-state index is 14.1. The fourth-order valence-electron chi connectivity index (χ4n) is 12.0. The fourth-order valence-corrected chi connectivity index (χ4v) is 12.0. The highest BCUT2D eigenvalue weighted by Gasteiger charge is 2.69. The number of unbranched alkanes of at least 4 members (excludes halogenated alkanes) is 4. The third-order valence-electron chi connectivity index (χ3n) is 15.1. The molecule has 1 unspecified atom stereocenters. The van der Waals surface area contributed by atoms with Crippen LogP contribution < -0.4 is 0 Å². The Kier molecular flexibility index (Phi) is 8.70. The lowest BCUT2D eigenvalue weighted by atomic mass is 9.33. The third-order valence-corrected chi connectivity index (χ3v) is 15.1. The summed E-state index contributed by atoms with van der Waals surface area (Å²) in [5.41, 5.74) is 1.30. The molecular weight excluding hydrogens is 520 g/mol. The Balaban J connectivity index is 1.45. The number of carbonyl (C=O) groups excluding carboxylic acids is 2. The number of allylic oxidation sites excluding steroid dienone is 2. The standard InChI is InChI=1S/C38H62O4/c1-9-10-11-12-13-14-31(40)42-33(41)38-22-17-25(2)26(3)32(38)27-15-16-29-35(6)20-19-30(39)34(4,5)28(35)18-21-37(29,8)36(27,7)23-24-38/h15,25-26,28-30,32,39H,9-14,16-24H2,1-8H3/t25-,26+,28?,29-,30+,32+,35+,36-,37-,38+/m1/s1. The van der Waals surface area contributed by atoms with Crippen LogP contribution in [0.25, 0.3) is 0 Å². The molecule has 5 aliphatic carbocycles. The van der Waals surface area contributed by atoms with Crippen LogP contribution in [0.5, 0.6) is 0 Å². The molecule has 0 radical (unpaired) electrons. The molecule has 4 fully saturated rings. The van der Waals surface area contributed by atoms with Gasteiger partial charge in [0.15, 0.2) is 0 Å². The fraction of sp³-hybridized carbons (Fsp3) is 0.895. The van der Waals surface area contributed by atoms with Gasteiger partial charge in [0.2, 0.25) is 0 Å². The second-order valence-electron chi connectivity index (χ2n) is 17.1. The van der Waals surface area contributed by atoms with Crippen molar-refractivity contribution in [1.29, 1.82) is 0 Å².